The molecule has 1 aromatic heterocycles. The van der Waals surface area contributed by atoms with E-state index in [0.717, 1.165) is 22.7 Å². The van der Waals surface area contributed by atoms with E-state index in [4.69, 9.17) is 0 Å². The third-order valence-electron chi connectivity index (χ3n) is 3.62. The van der Waals surface area contributed by atoms with Crippen LogP contribution in [-0.4, -0.2) is 22.2 Å². The molecule has 1 aliphatic carbocycles. The van der Waals surface area contributed by atoms with Crippen LogP contribution in [0.15, 0.2) is 28.6 Å². The monoisotopic (exact) mass is 306 g/mol. The Hall–Kier alpha value is -1.07. The molecule has 3 rings (SSSR count). The second kappa shape index (κ2) is 6.14. The number of aromatic nitrogens is 1. The van der Waals surface area contributed by atoms with Crippen LogP contribution in [0.3, 0.4) is 0 Å². The number of fused-ring (bicyclic) bond motifs is 1. The van der Waals surface area contributed by atoms with Crippen molar-refractivity contribution in [3.63, 3.8) is 0 Å². The van der Waals surface area contributed by atoms with Crippen LogP contribution in [0, 0.1) is 0 Å². The average Bonchev–Trinajstić information content (AvgIpc) is 3.06. The molecule has 0 saturated heterocycles. The van der Waals surface area contributed by atoms with Crippen molar-refractivity contribution in [2.75, 3.05) is 0 Å². The normalized spacial score (nSPS) is 17.4. The van der Waals surface area contributed by atoms with Crippen LogP contribution in [0.2, 0.25) is 0 Å². The van der Waals surface area contributed by atoms with E-state index < -0.39 is 0 Å². The lowest BCUT2D eigenvalue weighted by atomic mass is 10.2. The number of hydrogen-bond acceptors (Lipinski definition) is 4. The topological polar surface area (TPSA) is 42.0 Å². The van der Waals surface area contributed by atoms with Crippen molar-refractivity contribution in [3.05, 3.63) is 24.3 Å². The Morgan fingerprint density at radius 3 is 2.90 bits per heavy atom. The van der Waals surface area contributed by atoms with Crippen LogP contribution < -0.4 is 5.32 Å². The summed E-state index contributed by atoms with van der Waals surface area (Å²) in [5, 5.41) is 3.06. The largest absolute Gasteiger partial charge is 0.352 e. The fraction of sp³-hybridized carbons (Fsp3) is 0.467. The van der Waals surface area contributed by atoms with Crippen molar-refractivity contribution in [2.45, 2.75) is 48.2 Å². The van der Waals surface area contributed by atoms with Gasteiger partial charge in [-0.25, -0.2) is 4.98 Å². The summed E-state index contributed by atoms with van der Waals surface area (Å²) in [6, 6.07) is 8.48. The van der Waals surface area contributed by atoms with E-state index in [9.17, 15) is 4.79 Å². The van der Waals surface area contributed by atoms with E-state index in [2.05, 4.69) is 16.4 Å². The first-order valence-electron chi connectivity index (χ1n) is 7.05. The van der Waals surface area contributed by atoms with Gasteiger partial charge in [-0.1, -0.05) is 36.7 Å². The van der Waals surface area contributed by atoms with E-state index >= 15 is 0 Å². The predicted octanol–water partition coefficient (Wildman–Crippen LogP) is 3.84. The van der Waals surface area contributed by atoms with Gasteiger partial charge in [0.1, 0.15) is 0 Å². The van der Waals surface area contributed by atoms with Crippen LogP contribution in [0.1, 0.15) is 32.6 Å². The average molecular weight is 306 g/mol. The molecule has 2 aromatic rings. The van der Waals surface area contributed by atoms with Gasteiger partial charge in [-0.05, 0) is 31.9 Å². The van der Waals surface area contributed by atoms with Gasteiger partial charge in [-0.2, -0.15) is 0 Å². The minimum Gasteiger partial charge on any atom is -0.352 e. The smallest absolute Gasteiger partial charge is 0.233 e. The summed E-state index contributed by atoms with van der Waals surface area (Å²) in [7, 11) is 0. The van der Waals surface area contributed by atoms with Gasteiger partial charge in [0.15, 0.2) is 4.34 Å². The van der Waals surface area contributed by atoms with E-state index in [1.807, 2.05) is 25.1 Å². The first-order valence-corrected chi connectivity index (χ1v) is 8.74. The van der Waals surface area contributed by atoms with Gasteiger partial charge in [0.05, 0.1) is 15.5 Å². The number of carbonyl (C=O) groups excluding carboxylic acids is 1. The highest BCUT2D eigenvalue weighted by Crippen LogP contribution is 2.32. The molecule has 1 heterocycles. The van der Waals surface area contributed by atoms with Crippen LogP contribution in [0.25, 0.3) is 10.2 Å². The second-order valence-electron chi connectivity index (χ2n) is 5.20. The zero-order valence-corrected chi connectivity index (χ0v) is 13.1. The standard InChI is InChI=1S/C15H18N2OS2/c1-10(14(18)16-11-6-2-3-7-11)19-15-17-12-8-4-5-9-13(12)20-15/h4-5,8-11H,2-3,6-7H2,1H3,(H,16,18)/t10-/m0/s1. The number of rotatable bonds is 4. The number of nitrogens with zero attached hydrogens (tertiary/aromatic N) is 1. The molecule has 1 aliphatic rings. The first-order chi connectivity index (χ1) is 9.72. The molecule has 20 heavy (non-hydrogen) atoms. The van der Waals surface area contributed by atoms with Crippen LogP contribution >= 0.6 is 23.1 Å². The van der Waals surface area contributed by atoms with Gasteiger partial charge >= 0.3 is 0 Å². The summed E-state index contributed by atoms with van der Waals surface area (Å²) in [5.41, 5.74) is 1.02. The number of thiazole rings is 1. The number of hydrogen-bond donors (Lipinski definition) is 1. The molecular formula is C15H18N2OS2. The van der Waals surface area contributed by atoms with Gasteiger partial charge in [0.25, 0.3) is 0 Å². The predicted molar refractivity (Wildman–Crippen MR) is 85.3 cm³/mol. The minimum atomic E-state index is -0.0869. The first kappa shape index (κ1) is 13.9. The lowest BCUT2D eigenvalue weighted by Crippen LogP contribution is -2.37. The lowest BCUT2D eigenvalue weighted by Gasteiger charge is -2.15. The Kier molecular flexibility index (Phi) is 4.27. The Bertz CT molecular complexity index is 572. The lowest BCUT2D eigenvalue weighted by molar-refractivity contribution is -0.120. The van der Waals surface area contributed by atoms with Crippen molar-refractivity contribution in [1.29, 1.82) is 0 Å². The maximum atomic E-state index is 12.2. The maximum absolute atomic E-state index is 12.2. The molecule has 5 heteroatoms. The molecule has 0 unspecified atom stereocenters. The molecular weight excluding hydrogens is 288 g/mol. The fourth-order valence-corrected chi connectivity index (χ4v) is 4.72. The Balaban J connectivity index is 1.62. The molecule has 1 atom stereocenters. The molecule has 3 nitrogen and oxygen atoms in total. The third-order valence-corrected chi connectivity index (χ3v) is 5.85. The summed E-state index contributed by atoms with van der Waals surface area (Å²) in [6.45, 7) is 1.96. The summed E-state index contributed by atoms with van der Waals surface area (Å²) in [4.78, 5) is 16.7. The summed E-state index contributed by atoms with van der Waals surface area (Å²) in [6.07, 6.45) is 4.74. The van der Waals surface area contributed by atoms with Crippen LogP contribution in [0.4, 0.5) is 0 Å². The van der Waals surface area contributed by atoms with E-state index in [1.165, 1.54) is 17.5 Å². The number of benzene rings is 1. The molecule has 0 bridgehead atoms. The summed E-state index contributed by atoms with van der Waals surface area (Å²) < 4.78 is 2.15. The fourth-order valence-electron chi connectivity index (χ4n) is 2.49. The van der Waals surface area contributed by atoms with Gasteiger partial charge in [0, 0.05) is 6.04 Å². The van der Waals surface area contributed by atoms with Gasteiger partial charge in [0.2, 0.25) is 5.91 Å². The van der Waals surface area contributed by atoms with Gasteiger partial charge < -0.3 is 5.32 Å². The molecule has 1 fully saturated rings. The van der Waals surface area contributed by atoms with Crippen LogP contribution in [0.5, 0.6) is 0 Å². The van der Waals surface area contributed by atoms with E-state index in [0.29, 0.717) is 6.04 Å². The summed E-state index contributed by atoms with van der Waals surface area (Å²) in [5.74, 6) is 0.140. The molecule has 106 valence electrons. The van der Waals surface area contributed by atoms with E-state index in [-0.39, 0.29) is 11.2 Å². The SMILES string of the molecule is C[C@H](Sc1nc2ccccc2s1)C(=O)NC1CCCC1. The summed E-state index contributed by atoms with van der Waals surface area (Å²) >= 11 is 3.21. The minimum absolute atomic E-state index is 0.0869. The van der Waals surface area contributed by atoms with Crippen LogP contribution in [-0.2, 0) is 4.79 Å². The quantitative estimate of drug-likeness (QED) is 0.873. The number of para-hydroxylation sites is 1. The van der Waals surface area contributed by atoms with Crippen molar-refractivity contribution < 1.29 is 4.79 Å². The van der Waals surface area contributed by atoms with Crippen molar-refractivity contribution >= 4 is 39.2 Å². The molecule has 0 radical (unpaired) electrons. The molecule has 1 N–H and O–H groups in total. The Morgan fingerprint density at radius 2 is 2.15 bits per heavy atom. The third kappa shape index (κ3) is 3.15. The number of nitrogens with one attached hydrogen (secondary N) is 1. The maximum Gasteiger partial charge on any atom is 0.233 e. The van der Waals surface area contributed by atoms with Gasteiger partial charge in [-0.15, -0.1) is 11.3 Å². The highest BCUT2D eigenvalue weighted by Gasteiger charge is 2.22. The van der Waals surface area contributed by atoms with Gasteiger partial charge in [-0.3, -0.25) is 4.79 Å². The number of thioether (sulfide) groups is 1. The van der Waals surface area contributed by atoms with Crippen molar-refractivity contribution in [3.8, 4) is 0 Å². The Morgan fingerprint density at radius 1 is 1.40 bits per heavy atom. The zero-order valence-electron chi connectivity index (χ0n) is 11.5. The van der Waals surface area contributed by atoms with Crippen molar-refractivity contribution in [1.82, 2.24) is 10.3 Å². The molecule has 0 spiro atoms. The second-order valence-corrected chi connectivity index (χ2v) is 7.82. The van der Waals surface area contributed by atoms with Crippen molar-refractivity contribution in [2.24, 2.45) is 0 Å². The zero-order chi connectivity index (χ0) is 13.9. The van der Waals surface area contributed by atoms with E-state index in [1.54, 1.807) is 23.1 Å². The highest BCUT2D eigenvalue weighted by atomic mass is 32.2. The molecule has 1 aromatic carbocycles. The number of amides is 1. The Labute approximate surface area is 127 Å². The molecule has 0 aliphatic heterocycles. The highest BCUT2D eigenvalue weighted by molar-refractivity contribution is 8.02. The molecule has 1 amide bonds. The molecule has 1 saturated carbocycles. The number of carbonyl (C=O) groups is 1.